The molecule has 0 bridgehead atoms. The molecule has 1 aromatic rings. The molecule has 0 saturated carbocycles. The van der Waals surface area contributed by atoms with E-state index in [1.54, 1.807) is 12.1 Å². The van der Waals surface area contributed by atoms with Gasteiger partial charge in [0.2, 0.25) is 0 Å². The maximum atomic E-state index is 11.9. The van der Waals surface area contributed by atoms with E-state index in [2.05, 4.69) is 10.6 Å². The summed E-state index contributed by atoms with van der Waals surface area (Å²) >= 11 is 0. The molecule has 0 aliphatic carbocycles. The largest absolute Gasteiger partial charge is 0.507 e. The summed E-state index contributed by atoms with van der Waals surface area (Å²) in [6.45, 7) is 1.60. The molecule has 1 aliphatic rings. The van der Waals surface area contributed by atoms with Gasteiger partial charge < -0.3 is 20.5 Å². The summed E-state index contributed by atoms with van der Waals surface area (Å²) in [4.78, 5) is 11.9. The average Bonchev–Trinajstić information content (AvgIpc) is 2.88. The Kier molecular flexibility index (Phi) is 4.04. The molecule has 1 unspecified atom stereocenters. The first-order chi connectivity index (χ1) is 8.70. The Morgan fingerprint density at radius 2 is 2.44 bits per heavy atom. The molecule has 1 aliphatic heterocycles. The third-order valence-electron chi connectivity index (χ3n) is 3.12. The van der Waals surface area contributed by atoms with Crippen molar-refractivity contribution >= 4 is 5.91 Å². The molecule has 1 fully saturated rings. The monoisotopic (exact) mass is 250 g/mol. The van der Waals surface area contributed by atoms with Crippen molar-refractivity contribution in [3.63, 3.8) is 0 Å². The molecule has 1 aromatic carbocycles. The highest BCUT2D eigenvalue weighted by atomic mass is 16.5. The van der Waals surface area contributed by atoms with Crippen LogP contribution in [0.5, 0.6) is 11.5 Å². The van der Waals surface area contributed by atoms with Gasteiger partial charge in [-0.15, -0.1) is 0 Å². The van der Waals surface area contributed by atoms with Crippen LogP contribution in [-0.4, -0.2) is 37.3 Å². The number of hydrogen-bond acceptors (Lipinski definition) is 4. The van der Waals surface area contributed by atoms with Gasteiger partial charge in [0.1, 0.15) is 11.5 Å². The fourth-order valence-corrected chi connectivity index (χ4v) is 2.07. The molecular weight excluding hydrogens is 232 g/mol. The van der Waals surface area contributed by atoms with Gasteiger partial charge in [-0.3, -0.25) is 4.79 Å². The van der Waals surface area contributed by atoms with Crippen molar-refractivity contribution in [2.75, 3.05) is 20.2 Å². The Balaban J connectivity index is 1.95. The molecule has 2 rings (SSSR count). The van der Waals surface area contributed by atoms with Gasteiger partial charge in [-0.05, 0) is 31.5 Å². The molecule has 0 spiro atoms. The lowest BCUT2D eigenvalue weighted by molar-refractivity contribution is 0.0947. The number of amides is 1. The second kappa shape index (κ2) is 5.73. The lowest BCUT2D eigenvalue weighted by atomic mass is 10.1. The van der Waals surface area contributed by atoms with Crippen molar-refractivity contribution in [3.8, 4) is 11.5 Å². The van der Waals surface area contributed by atoms with Crippen LogP contribution in [0.1, 0.15) is 23.2 Å². The van der Waals surface area contributed by atoms with Crippen LogP contribution in [0.15, 0.2) is 18.2 Å². The normalized spacial score (nSPS) is 18.6. The first kappa shape index (κ1) is 12.7. The number of carbonyl (C=O) groups is 1. The molecule has 0 aromatic heterocycles. The Labute approximate surface area is 106 Å². The van der Waals surface area contributed by atoms with Crippen LogP contribution < -0.4 is 15.4 Å². The molecule has 1 saturated heterocycles. The number of phenolic OH excluding ortho intramolecular Hbond substituents is 1. The molecule has 0 radical (unpaired) electrons. The molecule has 5 nitrogen and oxygen atoms in total. The minimum atomic E-state index is -0.260. The van der Waals surface area contributed by atoms with E-state index in [-0.39, 0.29) is 17.2 Å². The molecule has 1 atom stereocenters. The summed E-state index contributed by atoms with van der Waals surface area (Å²) in [5.74, 6) is 0.205. The first-order valence-corrected chi connectivity index (χ1v) is 6.09. The van der Waals surface area contributed by atoms with Gasteiger partial charge in [0.05, 0.1) is 12.7 Å². The molecule has 5 heteroatoms. The first-order valence-electron chi connectivity index (χ1n) is 6.09. The predicted molar refractivity (Wildman–Crippen MR) is 68.0 cm³/mol. The highest BCUT2D eigenvalue weighted by molar-refractivity contribution is 5.97. The quantitative estimate of drug-likeness (QED) is 0.742. The van der Waals surface area contributed by atoms with E-state index in [4.69, 9.17) is 4.74 Å². The zero-order chi connectivity index (χ0) is 13.0. The number of rotatable bonds is 4. The van der Waals surface area contributed by atoms with Crippen LogP contribution in [0.2, 0.25) is 0 Å². The van der Waals surface area contributed by atoms with Gasteiger partial charge >= 0.3 is 0 Å². The number of ether oxygens (including phenoxy) is 1. The van der Waals surface area contributed by atoms with Gasteiger partial charge in [0, 0.05) is 18.7 Å². The number of hydrogen-bond donors (Lipinski definition) is 3. The van der Waals surface area contributed by atoms with Crippen molar-refractivity contribution in [1.82, 2.24) is 10.6 Å². The van der Waals surface area contributed by atoms with Crippen molar-refractivity contribution in [2.24, 2.45) is 0 Å². The standard InChI is InChI=1S/C13H18N2O3/c1-18-10-4-5-11(12(16)7-10)13(17)15-8-9-3-2-6-14-9/h4-5,7,9,14,16H,2-3,6,8H2,1H3,(H,15,17). The Morgan fingerprint density at radius 3 is 3.06 bits per heavy atom. The van der Waals surface area contributed by atoms with E-state index in [1.165, 1.54) is 13.2 Å². The lowest BCUT2D eigenvalue weighted by Gasteiger charge is -2.12. The summed E-state index contributed by atoms with van der Waals surface area (Å²) in [5.41, 5.74) is 0.272. The second-order valence-electron chi connectivity index (χ2n) is 4.39. The van der Waals surface area contributed by atoms with Crippen LogP contribution >= 0.6 is 0 Å². The van der Waals surface area contributed by atoms with E-state index in [1.807, 2.05) is 0 Å². The van der Waals surface area contributed by atoms with Gasteiger partial charge in [0.25, 0.3) is 5.91 Å². The number of carbonyl (C=O) groups excluding carboxylic acids is 1. The van der Waals surface area contributed by atoms with E-state index in [9.17, 15) is 9.90 Å². The van der Waals surface area contributed by atoms with E-state index in [0.29, 0.717) is 18.3 Å². The zero-order valence-electron chi connectivity index (χ0n) is 10.4. The number of nitrogens with one attached hydrogen (secondary N) is 2. The number of phenols is 1. The van der Waals surface area contributed by atoms with Crippen LogP contribution in [0.4, 0.5) is 0 Å². The molecular formula is C13H18N2O3. The molecule has 1 amide bonds. The van der Waals surface area contributed by atoms with E-state index < -0.39 is 0 Å². The number of benzene rings is 1. The number of methoxy groups -OCH3 is 1. The topological polar surface area (TPSA) is 70.6 Å². The zero-order valence-corrected chi connectivity index (χ0v) is 10.4. The second-order valence-corrected chi connectivity index (χ2v) is 4.39. The van der Waals surface area contributed by atoms with Crippen molar-refractivity contribution in [2.45, 2.75) is 18.9 Å². The summed E-state index contributed by atoms with van der Waals surface area (Å²) < 4.78 is 4.97. The maximum absolute atomic E-state index is 11.9. The van der Waals surface area contributed by atoms with Crippen LogP contribution in [0.25, 0.3) is 0 Å². The SMILES string of the molecule is COc1ccc(C(=O)NCC2CCCN2)c(O)c1. The van der Waals surface area contributed by atoms with Crippen LogP contribution in [0.3, 0.4) is 0 Å². The summed E-state index contributed by atoms with van der Waals surface area (Å²) in [6, 6.07) is 4.99. The maximum Gasteiger partial charge on any atom is 0.255 e. The molecule has 1 heterocycles. The fraction of sp³-hybridized carbons (Fsp3) is 0.462. The highest BCUT2D eigenvalue weighted by Gasteiger charge is 2.17. The third kappa shape index (κ3) is 2.92. The average molecular weight is 250 g/mol. The van der Waals surface area contributed by atoms with Crippen molar-refractivity contribution < 1.29 is 14.6 Å². The van der Waals surface area contributed by atoms with Gasteiger partial charge in [-0.2, -0.15) is 0 Å². The van der Waals surface area contributed by atoms with Crippen molar-refractivity contribution in [3.05, 3.63) is 23.8 Å². The Bertz CT molecular complexity index is 428. The minimum Gasteiger partial charge on any atom is -0.507 e. The summed E-state index contributed by atoms with van der Waals surface area (Å²) in [5, 5.41) is 15.8. The summed E-state index contributed by atoms with van der Waals surface area (Å²) in [6.07, 6.45) is 2.23. The fourth-order valence-electron chi connectivity index (χ4n) is 2.07. The predicted octanol–water partition coefficient (Wildman–Crippen LogP) is 0.883. The van der Waals surface area contributed by atoms with E-state index >= 15 is 0 Å². The number of aromatic hydroxyl groups is 1. The van der Waals surface area contributed by atoms with Gasteiger partial charge in [-0.1, -0.05) is 0 Å². The lowest BCUT2D eigenvalue weighted by Crippen LogP contribution is -2.37. The van der Waals surface area contributed by atoms with Crippen LogP contribution in [-0.2, 0) is 0 Å². The molecule has 98 valence electrons. The van der Waals surface area contributed by atoms with Gasteiger partial charge in [-0.25, -0.2) is 0 Å². The van der Waals surface area contributed by atoms with Gasteiger partial charge in [0.15, 0.2) is 0 Å². The minimum absolute atomic E-state index is 0.0637. The molecule has 3 N–H and O–H groups in total. The van der Waals surface area contributed by atoms with Crippen molar-refractivity contribution in [1.29, 1.82) is 0 Å². The van der Waals surface area contributed by atoms with E-state index in [0.717, 1.165) is 19.4 Å². The Morgan fingerprint density at radius 1 is 1.61 bits per heavy atom. The summed E-state index contributed by atoms with van der Waals surface area (Å²) in [7, 11) is 1.51. The third-order valence-corrected chi connectivity index (χ3v) is 3.12. The highest BCUT2D eigenvalue weighted by Crippen LogP contribution is 2.23. The Hall–Kier alpha value is -1.75. The van der Waals surface area contributed by atoms with Crippen LogP contribution in [0, 0.1) is 0 Å². The molecule has 18 heavy (non-hydrogen) atoms. The smallest absolute Gasteiger partial charge is 0.255 e.